The molecule has 1 aliphatic heterocycles. The van der Waals surface area contributed by atoms with Crippen LogP contribution < -0.4 is 0 Å². The third-order valence-electron chi connectivity index (χ3n) is 4.79. The summed E-state index contributed by atoms with van der Waals surface area (Å²) in [5.41, 5.74) is 0.677. The zero-order valence-corrected chi connectivity index (χ0v) is 15.7. The van der Waals surface area contributed by atoms with E-state index in [1.54, 1.807) is 23.5 Å². The van der Waals surface area contributed by atoms with Crippen molar-refractivity contribution in [3.8, 4) is 0 Å². The number of amides is 1. The fraction of sp³-hybridized carbons (Fsp3) is 0.429. The minimum absolute atomic E-state index is 0.0316. The molecule has 0 radical (unpaired) electrons. The second kappa shape index (κ2) is 9.64. The molecule has 26 heavy (non-hydrogen) atoms. The maximum absolute atomic E-state index is 12.9. The van der Waals surface area contributed by atoms with Crippen LogP contribution in [-0.2, 0) is 16.0 Å². The van der Waals surface area contributed by atoms with Gasteiger partial charge in [-0.15, -0.1) is 11.3 Å². The largest absolute Gasteiger partial charge is 0.381 e. The molecule has 2 heterocycles. The van der Waals surface area contributed by atoms with Crippen molar-refractivity contribution in [2.75, 3.05) is 19.8 Å². The molecular formula is C21H25NO3S. The standard InChI is InChI=1S/C21H25NO3S/c23-20(17-5-2-1-3-6-17)8-9-21(24)22(18-11-14-25-15-12-18)13-10-19-7-4-16-26-19/h1-7,16,18H,8-15H2. The van der Waals surface area contributed by atoms with E-state index in [1.807, 2.05) is 29.2 Å². The van der Waals surface area contributed by atoms with Gasteiger partial charge in [-0.3, -0.25) is 9.59 Å². The van der Waals surface area contributed by atoms with Gasteiger partial charge in [0.05, 0.1) is 0 Å². The van der Waals surface area contributed by atoms with Gasteiger partial charge in [-0.1, -0.05) is 36.4 Å². The number of ketones is 1. The van der Waals surface area contributed by atoms with Crippen LogP contribution in [0.2, 0.25) is 0 Å². The number of rotatable bonds is 8. The van der Waals surface area contributed by atoms with Crippen molar-refractivity contribution in [3.05, 3.63) is 58.3 Å². The van der Waals surface area contributed by atoms with Crippen molar-refractivity contribution >= 4 is 23.0 Å². The zero-order valence-electron chi connectivity index (χ0n) is 14.9. The van der Waals surface area contributed by atoms with Crippen LogP contribution in [0.15, 0.2) is 47.8 Å². The molecule has 1 saturated heterocycles. The predicted octanol–water partition coefficient (Wildman–Crippen LogP) is 3.96. The quantitative estimate of drug-likeness (QED) is 0.660. The summed E-state index contributed by atoms with van der Waals surface area (Å²) in [4.78, 5) is 28.5. The molecule has 3 rings (SSSR count). The number of Topliss-reactive ketones (excluding diaryl/α,β-unsaturated/α-hetero) is 1. The molecule has 1 fully saturated rings. The van der Waals surface area contributed by atoms with Gasteiger partial charge in [0.25, 0.3) is 0 Å². The highest BCUT2D eigenvalue weighted by molar-refractivity contribution is 7.09. The highest BCUT2D eigenvalue weighted by Gasteiger charge is 2.26. The number of hydrogen-bond donors (Lipinski definition) is 0. The number of hydrogen-bond acceptors (Lipinski definition) is 4. The van der Waals surface area contributed by atoms with Gasteiger partial charge < -0.3 is 9.64 Å². The zero-order chi connectivity index (χ0) is 18.2. The third-order valence-corrected chi connectivity index (χ3v) is 5.73. The molecule has 0 spiro atoms. The number of thiophene rings is 1. The summed E-state index contributed by atoms with van der Waals surface area (Å²) in [6.07, 6.45) is 3.16. The summed E-state index contributed by atoms with van der Waals surface area (Å²) < 4.78 is 5.45. The van der Waals surface area contributed by atoms with Crippen LogP contribution in [0.5, 0.6) is 0 Å². The predicted molar refractivity (Wildman–Crippen MR) is 104 cm³/mol. The maximum Gasteiger partial charge on any atom is 0.223 e. The Morgan fingerprint density at radius 3 is 2.50 bits per heavy atom. The SMILES string of the molecule is O=C(CCC(=O)N(CCc1cccs1)C1CCOCC1)c1ccccc1. The Kier molecular flexibility index (Phi) is 6.97. The number of nitrogens with zero attached hydrogens (tertiary/aromatic N) is 1. The van der Waals surface area contributed by atoms with Gasteiger partial charge in [0.1, 0.15) is 0 Å². The Hall–Kier alpha value is -1.98. The van der Waals surface area contributed by atoms with Crippen molar-refractivity contribution in [3.63, 3.8) is 0 Å². The summed E-state index contributed by atoms with van der Waals surface area (Å²) in [5.74, 6) is 0.113. The number of carbonyl (C=O) groups is 2. The Labute approximate surface area is 158 Å². The van der Waals surface area contributed by atoms with Gasteiger partial charge >= 0.3 is 0 Å². The fourth-order valence-electron chi connectivity index (χ4n) is 3.33. The fourth-order valence-corrected chi connectivity index (χ4v) is 4.02. The van der Waals surface area contributed by atoms with E-state index in [4.69, 9.17) is 4.74 Å². The molecule has 5 heteroatoms. The first-order valence-electron chi connectivity index (χ1n) is 9.22. The minimum atomic E-state index is 0.0316. The monoisotopic (exact) mass is 371 g/mol. The van der Waals surface area contributed by atoms with E-state index in [0.29, 0.717) is 25.3 Å². The van der Waals surface area contributed by atoms with Crippen molar-refractivity contribution in [2.45, 2.75) is 38.1 Å². The molecule has 0 bridgehead atoms. The van der Waals surface area contributed by atoms with Gasteiger partial charge in [0, 0.05) is 49.1 Å². The lowest BCUT2D eigenvalue weighted by Crippen LogP contribution is -2.44. The van der Waals surface area contributed by atoms with Gasteiger partial charge in [-0.2, -0.15) is 0 Å². The van der Waals surface area contributed by atoms with E-state index in [2.05, 4.69) is 11.4 Å². The first-order valence-corrected chi connectivity index (χ1v) is 10.1. The summed E-state index contributed by atoms with van der Waals surface area (Å²) >= 11 is 1.72. The van der Waals surface area contributed by atoms with Gasteiger partial charge in [-0.25, -0.2) is 0 Å². The lowest BCUT2D eigenvalue weighted by Gasteiger charge is -2.34. The minimum Gasteiger partial charge on any atom is -0.381 e. The number of benzene rings is 1. The summed E-state index contributed by atoms with van der Waals surface area (Å²) in [6.45, 7) is 2.12. The maximum atomic E-state index is 12.9. The molecule has 1 aromatic carbocycles. The highest BCUT2D eigenvalue weighted by atomic mass is 32.1. The summed E-state index contributed by atoms with van der Waals surface area (Å²) in [7, 11) is 0. The van der Waals surface area contributed by atoms with Crippen LogP contribution in [0.4, 0.5) is 0 Å². The molecule has 0 aliphatic carbocycles. The average Bonchev–Trinajstić information content (AvgIpc) is 3.21. The topological polar surface area (TPSA) is 46.6 Å². The molecule has 1 amide bonds. The van der Waals surface area contributed by atoms with Crippen molar-refractivity contribution in [1.82, 2.24) is 4.90 Å². The van der Waals surface area contributed by atoms with E-state index < -0.39 is 0 Å². The Morgan fingerprint density at radius 1 is 1.04 bits per heavy atom. The van der Waals surface area contributed by atoms with Crippen LogP contribution in [0.25, 0.3) is 0 Å². The van der Waals surface area contributed by atoms with E-state index in [-0.39, 0.29) is 30.6 Å². The Bertz CT molecular complexity index is 693. The van der Waals surface area contributed by atoms with Crippen LogP contribution in [0, 0.1) is 0 Å². The second-order valence-corrected chi connectivity index (χ2v) is 7.58. The van der Waals surface area contributed by atoms with E-state index >= 15 is 0 Å². The van der Waals surface area contributed by atoms with Gasteiger partial charge in [0.2, 0.25) is 5.91 Å². The summed E-state index contributed by atoms with van der Waals surface area (Å²) in [5, 5.41) is 2.06. The van der Waals surface area contributed by atoms with Crippen LogP contribution in [0.3, 0.4) is 0 Å². The van der Waals surface area contributed by atoms with Crippen molar-refractivity contribution < 1.29 is 14.3 Å². The summed E-state index contributed by atoms with van der Waals surface area (Å²) in [6, 6.07) is 13.6. The molecule has 1 aliphatic rings. The molecule has 0 unspecified atom stereocenters. The first-order chi connectivity index (χ1) is 12.7. The van der Waals surface area contributed by atoms with Crippen molar-refractivity contribution in [1.29, 1.82) is 0 Å². The lowest BCUT2D eigenvalue weighted by atomic mass is 10.0. The van der Waals surface area contributed by atoms with Gasteiger partial charge in [-0.05, 0) is 30.7 Å². The molecule has 0 saturated carbocycles. The molecule has 0 N–H and O–H groups in total. The molecule has 4 nitrogen and oxygen atoms in total. The molecule has 138 valence electrons. The van der Waals surface area contributed by atoms with Crippen LogP contribution in [-0.4, -0.2) is 42.4 Å². The number of carbonyl (C=O) groups excluding carboxylic acids is 2. The molecular weight excluding hydrogens is 346 g/mol. The average molecular weight is 372 g/mol. The van der Waals surface area contributed by atoms with Crippen molar-refractivity contribution in [2.24, 2.45) is 0 Å². The first kappa shape index (κ1) is 18.8. The molecule has 2 aromatic rings. The van der Waals surface area contributed by atoms with Crippen LogP contribution in [0.1, 0.15) is 40.9 Å². The number of ether oxygens (including phenoxy) is 1. The normalized spacial score (nSPS) is 14.9. The molecule has 1 aromatic heterocycles. The molecule has 0 atom stereocenters. The van der Waals surface area contributed by atoms with E-state index in [9.17, 15) is 9.59 Å². The van der Waals surface area contributed by atoms with Gasteiger partial charge in [0.15, 0.2) is 5.78 Å². The smallest absolute Gasteiger partial charge is 0.223 e. The highest BCUT2D eigenvalue weighted by Crippen LogP contribution is 2.19. The lowest BCUT2D eigenvalue weighted by molar-refractivity contribution is -0.135. The van der Waals surface area contributed by atoms with E-state index in [0.717, 1.165) is 19.3 Å². The third kappa shape index (κ3) is 5.26. The van der Waals surface area contributed by atoms with Crippen LogP contribution >= 0.6 is 11.3 Å². The second-order valence-electron chi connectivity index (χ2n) is 6.55. The Balaban J connectivity index is 1.59. The Morgan fingerprint density at radius 2 is 1.81 bits per heavy atom. The van der Waals surface area contributed by atoms with E-state index in [1.165, 1.54) is 4.88 Å².